The number of ether oxygens (including phenoxy) is 2. The smallest absolute Gasteiger partial charge is 0.374 e. The molecule has 1 unspecified atom stereocenters. The van der Waals surface area contributed by atoms with Gasteiger partial charge >= 0.3 is 5.97 Å². The Balaban J connectivity index is 2.10. The summed E-state index contributed by atoms with van der Waals surface area (Å²) in [4.78, 5) is 12.3. The van der Waals surface area contributed by atoms with Gasteiger partial charge in [0.1, 0.15) is 12.7 Å². The zero-order chi connectivity index (χ0) is 20.9. The number of rotatable bonds is 9. The molecular formula is C22H32O5Si. The fraction of sp³-hybridized carbons (Fsp3) is 0.500. The van der Waals surface area contributed by atoms with Crippen molar-refractivity contribution < 1.29 is 23.8 Å². The first kappa shape index (κ1) is 22.4. The van der Waals surface area contributed by atoms with E-state index in [-0.39, 0.29) is 30.1 Å². The van der Waals surface area contributed by atoms with Gasteiger partial charge in [0.2, 0.25) is 5.76 Å². The Morgan fingerprint density at radius 3 is 2.46 bits per heavy atom. The molecule has 0 saturated carbocycles. The quantitative estimate of drug-likeness (QED) is 0.377. The van der Waals surface area contributed by atoms with Crippen LogP contribution in [0.5, 0.6) is 0 Å². The first-order chi connectivity index (χ1) is 13.1. The van der Waals surface area contributed by atoms with E-state index in [4.69, 9.17) is 13.9 Å². The lowest BCUT2D eigenvalue weighted by Gasteiger charge is -2.39. The van der Waals surface area contributed by atoms with Crippen LogP contribution in [0, 0.1) is 0 Å². The molecule has 2 rings (SSSR count). The van der Waals surface area contributed by atoms with E-state index in [1.807, 2.05) is 30.3 Å². The lowest BCUT2D eigenvalue weighted by atomic mass is 10.0. The Morgan fingerprint density at radius 2 is 1.93 bits per heavy atom. The SMILES string of the molecule is C=CC(C[C@H]1OC(=O)C(OCc2ccccc2)=C1CO)O[Si](C)(C)C(C)(C)C. The molecule has 2 atom stereocenters. The lowest BCUT2D eigenvalue weighted by Crippen LogP contribution is -2.44. The zero-order valence-corrected chi connectivity index (χ0v) is 18.5. The summed E-state index contributed by atoms with van der Waals surface area (Å²) in [6.45, 7) is 14.7. The van der Waals surface area contributed by atoms with Crippen LogP contribution in [0.25, 0.3) is 0 Å². The average molecular weight is 405 g/mol. The van der Waals surface area contributed by atoms with Crippen LogP contribution in [0.15, 0.2) is 54.3 Å². The second-order valence-electron chi connectivity index (χ2n) is 8.57. The van der Waals surface area contributed by atoms with E-state index in [9.17, 15) is 9.90 Å². The Kier molecular flexibility index (Phi) is 7.26. The molecular weight excluding hydrogens is 372 g/mol. The maximum atomic E-state index is 12.3. The third-order valence-corrected chi connectivity index (χ3v) is 9.98. The van der Waals surface area contributed by atoms with Crippen molar-refractivity contribution in [3.05, 3.63) is 59.9 Å². The van der Waals surface area contributed by atoms with Gasteiger partial charge in [-0.2, -0.15) is 0 Å². The van der Waals surface area contributed by atoms with Gasteiger partial charge in [0, 0.05) is 12.0 Å². The third kappa shape index (κ3) is 5.34. The van der Waals surface area contributed by atoms with E-state index in [0.29, 0.717) is 12.0 Å². The Labute approximate surface area is 169 Å². The largest absolute Gasteiger partial charge is 0.482 e. The summed E-state index contributed by atoms with van der Waals surface area (Å²) < 4.78 is 17.6. The molecule has 154 valence electrons. The van der Waals surface area contributed by atoms with Crippen LogP contribution in [0.1, 0.15) is 32.8 Å². The molecule has 1 aliphatic rings. The van der Waals surface area contributed by atoms with Crippen LogP contribution in [0.2, 0.25) is 18.1 Å². The number of esters is 1. The molecule has 28 heavy (non-hydrogen) atoms. The fourth-order valence-electron chi connectivity index (χ4n) is 2.74. The number of hydrogen-bond donors (Lipinski definition) is 1. The lowest BCUT2D eigenvalue weighted by molar-refractivity contribution is -0.143. The molecule has 1 aromatic rings. The van der Waals surface area contributed by atoms with Crippen LogP contribution in [0.3, 0.4) is 0 Å². The molecule has 1 aromatic carbocycles. The first-order valence-corrected chi connectivity index (χ1v) is 12.5. The predicted molar refractivity (Wildman–Crippen MR) is 112 cm³/mol. The topological polar surface area (TPSA) is 65.0 Å². The van der Waals surface area contributed by atoms with Gasteiger partial charge in [-0.3, -0.25) is 0 Å². The number of hydrogen-bond acceptors (Lipinski definition) is 5. The molecule has 1 N–H and O–H groups in total. The third-order valence-electron chi connectivity index (χ3n) is 5.47. The summed E-state index contributed by atoms with van der Waals surface area (Å²) in [5.41, 5.74) is 1.40. The molecule has 0 spiro atoms. The molecule has 0 aliphatic carbocycles. The Hall–Kier alpha value is -1.89. The van der Waals surface area contributed by atoms with E-state index in [0.717, 1.165) is 5.56 Å². The Bertz CT molecular complexity index is 718. The number of carbonyl (C=O) groups is 1. The number of aliphatic hydroxyl groups is 1. The normalized spacial score (nSPS) is 18.8. The number of carbonyl (C=O) groups excluding carboxylic acids is 1. The summed E-state index contributed by atoms with van der Waals surface area (Å²) in [5.74, 6) is -0.438. The minimum Gasteiger partial charge on any atom is -0.482 e. The van der Waals surface area contributed by atoms with Crippen molar-refractivity contribution in [1.82, 2.24) is 0 Å². The molecule has 1 aliphatic heterocycles. The highest BCUT2D eigenvalue weighted by Gasteiger charge is 2.41. The summed E-state index contributed by atoms with van der Waals surface area (Å²) in [6.07, 6.45) is 1.31. The van der Waals surface area contributed by atoms with Gasteiger partial charge in [-0.1, -0.05) is 57.2 Å². The summed E-state index contributed by atoms with van der Waals surface area (Å²) in [7, 11) is -2.01. The van der Waals surface area contributed by atoms with Crippen molar-refractivity contribution in [2.45, 2.75) is 64.1 Å². The molecule has 6 heteroatoms. The predicted octanol–water partition coefficient (Wildman–Crippen LogP) is 4.34. The van der Waals surface area contributed by atoms with Gasteiger partial charge in [0.25, 0.3) is 0 Å². The molecule has 0 aromatic heterocycles. The van der Waals surface area contributed by atoms with Crippen molar-refractivity contribution in [3.63, 3.8) is 0 Å². The number of cyclic esters (lactones) is 1. The van der Waals surface area contributed by atoms with Crippen molar-refractivity contribution in [2.24, 2.45) is 0 Å². The fourth-order valence-corrected chi connectivity index (χ4v) is 4.04. The number of aliphatic hydroxyl groups excluding tert-OH is 1. The molecule has 5 nitrogen and oxygen atoms in total. The highest BCUT2D eigenvalue weighted by molar-refractivity contribution is 6.74. The zero-order valence-electron chi connectivity index (χ0n) is 17.5. The summed E-state index contributed by atoms with van der Waals surface area (Å²) >= 11 is 0. The molecule has 0 radical (unpaired) electrons. The van der Waals surface area contributed by atoms with E-state index in [1.54, 1.807) is 6.08 Å². The average Bonchev–Trinajstić information content (AvgIpc) is 2.93. The van der Waals surface area contributed by atoms with Crippen LogP contribution in [0.4, 0.5) is 0 Å². The highest BCUT2D eigenvalue weighted by atomic mass is 28.4. The van der Waals surface area contributed by atoms with Gasteiger partial charge in [-0.25, -0.2) is 4.79 Å². The molecule has 0 amide bonds. The molecule has 1 heterocycles. The number of benzene rings is 1. The summed E-state index contributed by atoms with van der Waals surface area (Å²) in [5, 5.41) is 9.90. The van der Waals surface area contributed by atoms with Gasteiger partial charge in [0.15, 0.2) is 8.32 Å². The molecule has 0 fully saturated rings. The van der Waals surface area contributed by atoms with E-state index in [2.05, 4.69) is 40.4 Å². The monoisotopic (exact) mass is 404 g/mol. The van der Waals surface area contributed by atoms with E-state index in [1.165, 1.54) is 0 Å². The maximum Gasteiger partial charge on any atom is 0.374 e. The van der Waals surface area contributed by atoms with Gasteiger partial charge in [0.05, 0.1) is 12.7 Å². The van der Waals surface area contributed by atoms with Crippen molar-refractivity contribution >= 4 is 14.3 Å². The van der Waals surface area contributed by atoms with Crippen molar-refractivity contribution in [3.8, 4) is 0 Å². The van der Waals surface area contributed by atoms with Crippen LogP contribution in [-0.2, 0) is 25.3 Å². The van der Waals surface area contributed by atoms with Crippen molar-refractivity contribution in [2.75, 3.05) is 6.61 Å². The first-order valence-electron chi connectivity index (χ1n) is 9.61. The second kappa shape index (κ2) is 9.07. The molecule has 0 bridgehead atoms. The van der Waals surface area contributed by atoms with Crippen LogP contribution >= 0.6 is 0 Å². The maximum absolute atomic E-state index is 12.3. The second-order valence-corrected chi connectivity index (χ2v) is 13.3. The van der Waals surface area contributed by atoms with E-state index < -0.39 is 20.4 Å². The Morgan fingerprint density at radius 1 is 1.29 bits per heavy atom. The minimum absolute atomic E-state index is 0.0558. The standard InChI is InChI=1S/C22H32O5Si/c1-7-17(27-28(5,6)22(2,3)4)13-19-18(14-23)20(21(24)26-19)25-15-16-11-9-8-10-12-16/h7-12,17,19,23H,1,13-15H2,2-6H3/t17?,19-/m1/s1. The summed E-state index contributed by atoms with van der Waals surface area (Å²) in [6, 6.07) is 9.56. The minimum atomic E-state index is -2.01. The van der Waals surface area contributed by atoms with Gasteiger partial charge < -0.3 is 19.0 Å². The molecule has 0 saturated heterocycles. The van der Waals surface area contributed by atoms with Crippen LogP contribution in [-0.4, -0.2) is 38.2 Å². The van der Waals surface area contributed by atoms with Crippen LogP contribution < -0.4 is 0 Å². The highest BCUT2D eigenvalue weighted by Crippen LogP contribution is 2.38. The van der Waals surface area contributed by atoms with Crippen molar-refractivity contribution in [1.29, 1.82) is 0 Å². The van der Waals surface area contributed by atoms with Gasteiger partial charge in [-0.15, -0.1) is 6.58 Å². The van der Waals surface area contributed by atoms with Gasteiger partial charge in [-0.05, 0) is 23.7 Å². The van der Waals surface area contributed by atoms with E-state index >= 15 is 0 Å².